The predicted octanol–water partition coefficient (Wildman–Crippen LogP) is 4.02. The highest BCUT2D eigenvalue weighted by Crippen LogP contribution is 2.27. The molecule has 2 aromatic carbocycles. The first-order valence-corrected chi connectivity index (χ1v) is 8.22. The van der Waals surface area contributed by atoms with Gasteiger partial charge in [0.15, 0.2) is 0 Å². The minimum Gasteiger partial charge on any atom is -0.481 e. The minimum absolute atomic E-state index is 0.201. The monoisotopic (exact) mass is 365 g/mol. The Morgan fingerprint density at radius 2 is 2.00 bits per heavy atom. The summed E-state index contributed by atoms with van der Waals surface area (Å²) in [5.74, 6) is 2.84. The molecule has 0 aliphatic heterocycles. The summed E-state index contributed by atoms with van der Waals surface area (Å²) in [6.45, 7) is 0.201. The van der Waals surface area contributed by atoms with Crippen LogP contribution in [0.15, 0.2) is 54.6 Å². The van der Waals surface area contributed by atoms with Crippen LogP contribution in [-0.2, 0) is 0 Å². The number of aromatic amines is 1. The molecule has 0 saturated carbocycles. The van der Waals surface area contributed by atoms with E-state index >= 15 is 0 Å². The lowest BCUT2D eigenvalue weighted by atomic mass is 10.1. The van der Waals surface area contributed by atoms with Gasteiger partial charge in [-0.25, -0.2) is 0 Å². The van der Waals surface area contributed by atoms with Crippen molar-refractivity contribution in [2.75, 3.05) is 18.6 Å². The number of aromatic nitrogens is 2. The van der Waals surface area contributed by atoms with E-state index in [0.29, 0.717) is 22.2 Å². The normalized spacial score (nSPS) is 10.2. The minimum atomic E-state index is -0.215. The van der Waals surface area contributed by atoms with Gasteiger partial charge in [0.2, 0.25) is 0 Å². The number of halogens is 1. The van der Waals surface area contributed by atoms with E-state index in [9.17, 15) is 4.79 Å². The Kier molecular flexibility index (Phi) is 5.26. The van der Waals surface area contributed by atoms with Crippen molar-refractivity contribution in [3.8, 4) is 29.4 Å². The molecule has 3 aromatic rings. The standard InChI is InChI=1S/C20H16ClN3O2/c1-3-12-26-15-10-8-14(9-11-15)24(2)20(25)19-13-18(22-23-19)16-6-4-5-7-17(16)21/h1,4-11,13H,12H2,2H3,(H,22,23). The van der Waals surface area contributed by atoms with Gasteiger partial charge >= 0.3 is 0 Å². The number of H-pyrrole nitrogens is 1. The van der Waals surface area contributed by atoms with Crippen molar-refractivity contribution in [1.29, 1.82) is 0 Å². The van der Waals surface area contributed by atoms with Gasteiger partial charge in [-0.15, -0.1) is 6.42 Å². The Balaban J connectivity index is 1.77. The van der Waals surface area contributed by atoms with Crippen molar-refractivity contribution >= 4 is 23.2 Å². The summed E-state index contributed by atoms with van der Waals surface area (Å²) >= 11 is 6.18. The zero-order valence-electron chi connectivity index (χ0n) is 14.1. The number of ether oxygens (including phenoxy) is 1. The number of benzene rings is 2. The number of terminal acetylenes is 1. The van der Waals surface area contributed by atoms with Crippen LogP contribution < -0.4 is 9.64 Å². The quantitative estimate of drug-likeness (QED) is 0.695. The fourth-order valence-electron chi connectivity index (χ4n) is 2.43. The van der Waals surface area contributed by atoms with E-state index in [1.54, 1.807) is 43.4 Å². The van der Waals surface area contributed by atoms with Crippen molar-refractivity contribution < 1.29 is 9.53 Å². The molecular formula is C20H16ClN3O2. The molecule has 3 rings (SSSR count). The third-order valence-electron chi connectivity index (χ3n) is 3.81. The van der Waals surface area contributed by atoms with Crippen LogP contribution in [0.4, 0.5) is 5.69 Å². The number of nitrogens with zero attached hydrogens (tertiary/aromatic N) is 2. The van der Waals surface area contributed by atoms with E-state index in [0.717, 1.165) is 11.3 Å². The molecule has 0 unspecified atom stereocenters. The molecule has 0 fully saturated rings. The van der Waals surface area contributed by atoms with Crippen molar-refractivity contribution in [2.45, 2.75) is 0 Å². The van der Waals surface area contributed by atoms with E-state index in [2.05, 4.69) is 16.1 Å². The van der Waals surface area contributed by atoms with E-state index in [1.807, 2.05) is 18.2 Å². The number of hydrogen-bond donors (Lipinski definition) is 1. The van der Waals surface area contributed by atoms with Gasteiger partial charge in [0.1, 0.15) is 18.1 Å². The van der Waals surface area contributed by atoms with Crippen LogP contribution >= 0.6 is 11.6 Å². The molecule has 1 N–H and O–H groups in total. The average Bonchev–Trinajstić information content (AvgIpc) is 3.16. The van der Waals surface area contributed by atoms with Crippen LogP contribution in [0.5, 0.6) is 5.75 Å². The summed E-state index contributed by atoms with van der Waals surface area (Å²) in [5, 5.41) is 7.55. The summed E-state index contributed by atoms with van der Waals surface area (Å²) in [6.07, 6.45) is 5.17. The van der Waals surface area contributed by atoms with E-state index < -0.39 is 0 Å². The Morgan fingerprint density at radius 1 is 1.27 bits per heavy atom. The SMILES string of the molecule is C#CCOc1ccc(N(C)C(=O)c2cc(-c3ccccc3Cl)n[nH]2)cc1. The van der Waals surface area contributed by atoms with Crippen LogP contribution in [0.2, 0.25) is 5.02 Å². The summed E-state index contributed by atoms with van der Waals surface area (Å²) in [4.78, 5) is 14.2. The van der Waals surface area contributed by atoms with Gasteiger partial charge in [-0.3, -0.25) is 9.89 Å². The van der Waals surface area contributed by atoms with Crippen LogP contribution in [0, 0.1) is 12.3 Å². The second-order valence-electron chi connectivity index (χ2n) is 5.50. The number of carbonyl (C=O) groups is 1. The van der Waals surface area contributed by atoms with Crippen LogP contribution in [0.1, 0.15) is 10.5 Å². The lowest BCUT2D eigenvalue weighted by Crippen LogP contribution is -2.26. The molecule has 0 atom stereocenters. The first-order chi connectivity index (χ1) is 12.6. The molecule has 1 aromatic heterocycles. The summed E-state index contributed by atoms with van der Waals surface area (Å²) in [5.41, 5.74) is 2.47. The molecule has 6 heteroatoms. The Hall–Kier alpha value is -3.23. The largest absolute Gasteiger partial charge is 0.481 e. The Morgan fingerprint density at radius 3 is 2.69 bits per heavy atom. The molecule has 0 radical (unpaired) electrons. The number of amides is 1. The van der Waals surface area contributed by atoms with Crippen molar-refractivity contribution in [3.63, 3.8) is 0 Å². The smallest absolute Gasteiger partial charge is 0.276 e. The second-order valence-corrected chi connectivity index (χ2v) is 5.90. The van der Waals surface area contributed by atoms with Gasteiger partial charge in [0.25, 0.3) is 5.91 Å². The lowest BCUT2D eigenvalue weighted by molar-refractivity contribution is 0.0988. The molecule has 1 heterocycles. The fourth-order valence-corrected chi connectivity index (χ4v) is 2.66. The van der Waals surface area contributed by atoms with E-state index in [-0.39, 0.29) is 12.5 Å². The number of carbonyl (C=O) groups excluding carboxylic acids is 1. The van der Waals surface area contributed by atoms with E-state index in [4.69, 9.17) is 22.8 Å². The van der Waals surface area contributed by atoms with Gasteiger partial charge in [-0.2, -0.15) is 5.10 Å². The molecule has 0 aliphatic carbocycles. The lowest BCUT2D eigenvalue weighted by Gasteiger charge is -2.16. The summed E-state index contributed by atoms with van der Waals surface area (Å²) < 4.78 is 5.33. The molecule has 0 aliphatic rings. The van der Waals surface area contributed by atoms with Gasteiger partial charge in [0, 0.05) is 18.3 Å². The molecule has 130 valence electrons. The number of hydrogen-bond acceptors (Lipinski definition) is 3. The number of nitrogens with one attached hydrogen (secondary N) is 1. The Bertz CT molecular complexity index is 958. The van der Waals surface area contributed by atoms with Gasteiger partial charge in [-0.05, 0) is 36.4 Å². The summed E-state index contributed by atoms with van der Waals surface area (Å²) in [7, 11) is 1.69. The van der Waals surface area contributed by atoms with Crippen molar-refractivity contribution in [1.82, 2.24) is 10.2 Å². The summed E-state index contributed by atoms with van der Waals surface area (Å²) in [6, 6.07) is 16.1. The molecule has 0 saturated heterocycles. The third-order valence-corrected chi connectivity index (χ3v) is 4.14. The van der Waals surface area contributed by atoms with E-state index in [1.165, 1.54) is 4.90 Å². The van der Waals surface area contributed by atoms with Crippen LogP contribution in [0.3, 0.4) is 0 Å². The Labute approximate surface area is 156 Å². The van der Waals surface area contributed by atoms with Gasteiger partial charge in [-0.1, -0.05) is 35.7 Å². The van der Waals surface area contributed by atoms with Gasteiger partial charge < -0.3 is 9.64 Å². The maximum atomic E-state index is 12.7. The first kappa shape index (κ1) is 17.6. The number of rotatable bonds is 5. The molecule has 1 amide bonds. The molecule has 0 bridgehead atoms. The maximum absolute atomic E-state index is 12.7. The second kappa shape index (κ2) is 7.77. The molecule has 0 spiro atoms. The predicted molar refractivity (Wildman–Crippen MR) is 103 cm³/mol. The molecule has 5 nitrogen and oxygen atoms in total. The highest BCUT2D eigenvalue weighted by atomic mass is 35.5. The highest BCUT2D eigenvalue weighted by Gasteiger charge is 2.17. The van der Waals surface area contributed by atoms with Gasteiger partial charge in [0.05, 0.1) is 10.7 Å². The zero-order valence-corrected chi connectivity index (χ0v) is 14.8. The number of anilines is 1. The fraction of sp³-hybridized carbons (Fsp3) is 0.100. The maximum Gasteiger partial charge on any atom is 0.276 e. The average molecular weight is 366 g/mol. The highest BCUT2D eigenvalue weighted by molar-refractivity contribution is 6.33. The zero-order chi connectivity index (χ0) is 18.5. The molecule has 26 heavy (non-hydrogen) atoms. The van der Waals surface area contributed by atoms with Crippen LogP contribution in [-0.4, -0.2) is 29.8 Å². The van der Waals surface area contributed by atoms with Crippen LogP contribution in [0.25, 0.3) is 11.3 Å². The molecular weight excluding hydrogens is 350 g/mol. The van der Waals surface area contributed by atoms with Crippen molar-refractivity contribution in [3.05, 3.63) is 65.3 Å². The third kappa shape index (κ3) is 3.71. The first-order valence-electron chi connectivity index (χ1n) is 7.85. The van der Waals surface area contributed by atoms with Crippen molar-refractivity contribution in [2.24, 2.45) is 0 Å². The topological polar surface area (TPSA) is 58.2 Å².